The van der Waals surface area contributed by atoms with Gasteiger partial charge in [-0.15, -0.1) is 0 Å². The fraction of sp³-hybridized carbons (Fsp3) is 0.913. The van der Waals surface area contributed by atoms with Crippen LogP contribution in [0.15, 0.2) is 0 Å². The summed E-state index contributed by atoms with van der Waals surface area (Å²) < 4.78 is 29.0. The van der Waals surface area contributed by atoms with Gasteiger partial charge in [-0.3, -0.25) is 24.7 Å². The van der Waals surface area contributed by atoms with Crippen molar-refractivity contribution in [3.8, 4) is 0 Å². The number of carbonyl (C=O) groups is 2. The summed E-state index contributed by atoms with van der Waals surface area (Å²) in [7, 11) is 1.97. The lowest BCUT2D eigenvalue weighted by Gasteiger charge is -2.46. The highest BCUT2D eigenvalue weighted by atomic mass is 19.1. The smallest absolute Gasteiger partial charge is 0.236 e. The molecular weight excluding hydrogens is 472 g/mol. The number of piperazine rings is 1. The molecule has 5 saturated heterocycles. The normalized spacial score (nSPS) is 39.8. The summed E-state index contributed by atoms with van der Waals surface area (Å²) in [6.45, 7) is 5.47. The van der Waals surface area contributed by atoms with Gasteiger partial charge in [-0.2, -0.15) is 0 Å². The zero-order valence-electron chi connectivity index (χ0n) is 21.0. The van der Waals surface area contributed by atoms with Crippen LogP contribution in [-0.4, -0.2) is 141 Å². The van der Waals surface area contributed by atoms with Gasteiger partial charge in [0.25, 0.3) is 0 Å². The number of hydrogen-bond donors (Lipinski definition) is 5. The molecule has 36 heavy (non-hydrogen) atoms. The third-order valence-corrected chi connectivity index (χ3v) is 8.50. The molecule has 0 spiro atoms. The molecule has 5 fully saturated rings. The Balaban J connectivity index is 1.17. The zero-order valence-corrected chi connectivity index (χ0v) is 21.0. The predicted molar refractivity (Wildman–Crippen MR) is 130 cm³/mol. The van der Waals surface area contributed by atoms with Crippen LogP contribution in [0.25, 0.3) is 0 Å². The van der Waals surface area contributed by atoms with Gasteiger partial charge in [0.15, 0.2) is 0 Å². The number of rotatable bonds is 5. The van der Waals surface area contributed by atoms with Crippen molar-refractivity contribution in [2.24, 2.45) is 17.6 Å². The molecular formula is C23H41F2N9O2. The minimum absolute atomic E-state index is 0.171. The molecule has 11 nitrogen and oxygen atoms in total. The van der Waals surface area contributed by atoms with Gasteiger partial charge in [-0.25, -0.2) is 19.2 Å². The number of piperidine rings is 2. The fourth-order valence-corrected chi connectivity index (χ4v) is 6.51. The largest absolute Gasteiger partial charge is 0.350 e. The van der Waals surface area contributed by atoms with Crippen molar-refractivity contribution in [2.75, 3.05) is 72.5 Å². The third-order valence-electron chi connectivity index (χ3n) is 8.50. The monoisotopic (exact) mass is 513 g/mol. The Kier molecular flexibility index (Phi) is 8.06. The number of amides is 2. The number of carbonyl (C=O) groups excluding carboxylic acids is 2. The van der Waals surface area contributed by atoms with Crippen LogP contribution in [0.4, 0.5) is 8.78 Å². The van der Waals surface area contributed by atoms with Crippen molar-refractivity contribution < 1.29 is 18.4 Å². The standard InChI is InChI=1S/C23H41F2N9O2/c1-31-6-7-33(18(35)13-31)11-14-2-4-32(5-3-14)20-16(25)9-27-10-17(20)29-23(36)19-21(26)30-34-12-15(24)8-28-22(19)34/h14-17,19-22,27-28,30H,2-13,26H2,1H3,(H,29,36). The van der Waals surface area contributed by atoms with Crippen molar-refractivity contribution in [3.63, 3.8) is 0 Å². The van der Waals surface area contributed by atoms with Gasteiger partial charge in [0.05, 0.1) is 36.9 Å². The molecule has 0 aromatic heterocycles. The second-order valence-electron chi connectivity index (χ2n) is 11.1. The topological polar surface area (TPSA) is 121 Å². The van der Waals surface area contributed by atoms with E-state index in [1.807, 2.05) is 16.8 Å². The minimum atomic E-state index is -1.10. The van der Waals surface area contributed by atoms with Gasteiger partial charge in [0.2, 0.25) is 11.8 Å². The first kappa shape index (κ1) is 26.1. The number of likely N-dealkylation sites (N-methyl/N-ethyl adjacent to an activating group) is 1. The first-order valence-electron chi connectivity index (χ1n) is 13.3. The molecule has 7 atom stereocenters. The Morgan fingerprint density at radius 2 is 1.92 bits per heavy atom. The molecule has 204 valence electrons. The van der Waals surface area contributed by atoms with Crippen LogP contribution >= 0.6 is 0 Å². The van der Waals surface area contributed by atoms with E-state index < -0.39 is 42.7 Å². The Morgan fingerprint density at radius 3 is 2.67 bits per heavy atom. The number of nitrogens with one attached hydrogen (secondary N) is 4. The summed E-state index contributed by atoms with van der Waals surface area (Å²) in [5.41, 5.74) is 9.20. The van der Waals surface area contributed by atoms with Crippen molar-refractivity contribution in [1.82, 2.24) is 41.1 Å². The molecule has 0 aliphatic carbocycles. The van der Waals surface area contributed by atoms with Crippen molar-refractivity contribution in [2.45, 2.75) is 49.6 Å². The summed E-state index contributed by atoms with van der Waals surface area (Å²) in [5.74, 6) is -0.262. The maximum absolute atomic E-state index is 15.2. The average molecular weight is 514 g/mol. The van der Waals surface area contributed by atoms with Gasteiger partial charge in [0, 0.05) is 45.8 Å². The highest BCUT2D eigenvalue weighted by Gasteiger charge is 2.48. The lowest BCUT2D eigenvalue weighted by molar-refractivity contribution is -0.136. The number of nitrogens with zero attached hydrogens (tertiary/aromatic N) is 4. The number of hydrogen-bond acceptors (Lipinski definition) is 9. The van der Waals surface area contributed by atoms with E-state index in [-0.39, 0.29) is 31.4 Å². The Labute approximate surface area is 211 Å². The van der Waals surface area contributed by atoms with E-state index >= 15 is 4.39 Å². The SMILES string of the molecule is CN1CCN(CC2CCN(C3C(F)CNCC3NC(=O)C3C(N)NN4CC(F)CNC34)CC2)C(=O)C1. The van der Waals surface area contributed by atoms with E-state index in [0.29, 0.717) is 19.0 Å². The lowest BCUT2D eigenvalue weighted by Crippen LogP contribution is -2.67. The fourth-order valence-electron chi connectivity index (χ4n) is 6.51. The molecule has 13 heteroatoms. The summed E-state index contributed by atoms with van der Waals surface area (Å²) in [5, 5.41) is 10.9. The van der Waals surface area contributed by atoms with E-state index in [9.17, 15) is 14.0 Å². The molecule has 0 aromatic rings. The van der Waals surface area contributed by atoms with Gasteiger partial charge in [-0.05, 0) is 38.9 Å². The molecule has 5 rings (SSSR count). The van der Waals surface area contributed by atoms with Gasteiger partial charge in [0.1, 0.15) is 12.3 Å². The van der Waals surface area contributed by atoms with E-state index in [0.717, 1.165) is 45.6 Å². The minimum Gasteiger partial charge on any atom is -0.350 e. The van der Waals surface area contributed by atoms with Crippen LogP contribution in [0.3, 0.4) is 0 Å². The van der Waals surface area contributed by atoms with Crippen LogP contribution in [0.2, 0.25) is 0 Å². The molecule has 6 N–H and O–H groups in total. The van der Waals surface area contributed by atoms with Crippen LogP contribution in [-0.2, 0) is 9.59 Å². The zero-order chi connectivity index (χ0) is 25.4. The number of alkyl halides is 2. The average Bonchev–Trinajstić information content (AvgIpc) is 3.16. The van der Waals surface area contributed by atoms with Gasteiger partial charge in [-0.1, -0.05) is 0 Å². The first-order chi connectivity index (χ1) is 17.3. The number of nitrogens with two attached hydrogens (primary N) is 1. The summed E-state index contributed by atoms with van der Waals surface area (Å²) in [6, 6.07) is -0.812. The maximum Gasteiger partial charge on any atom is 0.236 e. The van der Waals surface area contributed by atoms with E-state index in [4.69, 9.17) is 5.73 Å². The Hall–Kier alpha value is -1.48. The van der Waals surface area contributed by atoms with Crippen LogP contribution < -0.4 is 27.1 Å². The summed E-state index contributed by atoms with van der Waals surface area (Å²) in [4.78, 5) is 31.9. The summed E-state index contributed by atoms with van der Waals surface area (Å²) >= 11 is 0. The highest BCUT2D eigenvalue weighted by molar-refractivity contribution is 5.81. The quantitative estimate of drug-likeness (QED) is 0.267. The van der Waals surface area contributed by atoms with Crippen molar-refractivity contribution in [1.29, 1.82) is 0 Å². The van der Waals surface area contributed by atoms with Crippen LogP contribution in [0.5, 0.6) is 0 Å². The van der Waals surface area contributed by atoms with E-state index in [1.54, 1.807) is 5.01 Å². The molecule has 2 amide bonds. The summed E-state index contributed by atoms with van der Waals surface area (Å²) in [6.07, 6.45) is -1.36. The Bertz CT molecular complexity index is 802. The van der Waals surface area contributed by atoms with Crippen molar-refractivity contribution in [3.05, 3.63) is 0 Å². The lowest BCUT2D eigenvalue weighted by atomic mass is 9.90. The highest BCUT2D eigenvalue weighted by Crippen LogP contribution is 2.27. The van der Waals surface area contributed by atoms with Gasteiger partial charge < -0.3 is 21.3 Å². The third kappa shape index (κ3) is 5.52. The molecule has 5 heterocycles. The van der Waals surface area contributed by atoms with E-state index in [2.05, 4.69) is 26.3 Å². The van der Waals surface area contributed by atoms with Crippen molar-refractivity contribution >= 4 is 11.8 Å². The molecule has 0 saturated carbocycles. The first-order valence-corrected chi connectivity index (χ1v) is 13.3. The molecule has 5 aliphatic heterocycles. The molecule has 0 bridgehead atoms. The molecule has 0 aromatic carbocycles. The van der Waals surface area contributed by atoms with Crippen LogP contribution in [0.1, 0.15) is 12.8 Å². The Morgan fingerprint density at radius 1 is 1.14 bits per heavy atom. The molecule has 0 radical (unpaired) electrons. The van der Waals surface area contributed by atoms with E-state index in [1.165, 1.54) is 0 Å². The number of fused-ring (bicyclic) bond motifs is 1. The second-order valence-corrected chi connectivity index (χ2v) is 11.1. The number of likely N-dealkylation sites (tertiary alicyclic amines) is 1. The van der Waals surface area contributed by atoms with Gasteiger partial charge >= 0.3 is 0 Å². The maximum atomic E-state index is 15.2. The number of halogens is 2. The number of hydrazine groups is 1. The van der Waals surface area contributed by atoms with Crippen LogP contribution in [0, 0.1) is 11.8 Å². The second kappa shape index (κ2) is 11.1. The molecule has 7 unspecified atom stereocenters. The molecule has 5 aliphatic rings. The predicted octanol–water partition coefficient (Wildman–Crippen LogP) is -2.74.